The van der Waals surface area contributed by atoms with E-state index < -0.39 is 0 Å². The summed E-state index contributed by atoms with van der Waals surface area (Å²) < 4.78 is 5.55. The average Bonchev–Trinajstić information content (AvgIpc) is 3.43. The summed E-state index contributed by atoms with van der Waals surface area (Å²) in [6.07, 6.45) is 1.65. The molecular weight excluding hydrogens is 402 g/mol. The highest BCUT2D eigenvalue weighted by atomic mass is 16.5. The highest BCUT2D eigenvalue weighted by Gasteiger charge is 2.16. The number of nitrogens with zero attached hydrogens (tertiary/aromatic N) is 2. The summed E-state index contributed by atoms with van der Waals surface area (Å²) in [4.78, 5) is 16.0. The van der Waals surface area contributed by atoms with Crippen molar-refractivity contribution in [3.63, 3.8) is 0 Å². The zero-order valence-corrected chi connectivity index (χ0v) is 17.6. The van der Waals surface area contributed by atoms with E-state index in [1.165, 1.54) is 0 Å². The van der Waals surface area contributed by atoms with Crippen LogP contribution in [0.25, 0.3) is 32.9 Å². The first-order valence-corrected chi connectivity index (χ1v) is 10.2. The van der Waals surface area contributed by atoms with Crippen LogP contribution in [0.5, 0.6) is 5.75 Å². The highest BCUT2D eigenvalue weighted by molar-refractivity contribution is 6.02. The minimum absolute atomic E-state index is 0.308. The molecule has 0 atom stereocenters. The van der Waals surface area contributed by atoms with E-state index in [9.17, 15) is 4.79 Å². The molecular formula is C25H21N5O2. The summed E-state index contributed by atoms with van der Waals surface area (Å²) in [7, 11) is 1.62. The number of aromatic amines is 2. The second kappa shape index (κ2) is 8.03. The average molecular weight is 423 g/mol. The Kier molecular flexibility index (Phi) is 4.91. The standard InChI is InChI=1S/C25H21N5O2/c1-15-19(18-9-5-6-10-20(18)27-15)14-26-30-25(31)22-13-21(28-29-22)24-17-8-4-3-7-16(17)11-12-23(24)32-2/h3-14,27H,1-2H3,(H,28,29)(H,30,31)/b26-14-. The number of hydrazone groups is 1. The van der Waals surface area contributed by atoms with Crippen LogP contribution in [-0.2, 0) is 0 Å². The van der Waals surface area contributed by atoms with Crippen molar-refractivity contribution in [2.45, 2.75) is 6.92 Å². The molecule has 2 heterocycles. The number of H-pyrrole nitrogens is 2. The maximum Gasteiger partial charge on any atom is 0.289 e. The molecule has 7 heteroatoms. The van der Waals surface area contributed by atoms with Gasteiger partial charge in [0, 0.05) is 22.2 Å². The molecule has 3 aromatic carbocycles. The van der Waals surface area contributed by atoms with Gasteiger partial charge >= 0.3 is 0 Å². The molecule has 0 saturated carbocycles. The number of aryl methyl sites for hydroxylation is 1. The quantitative estimate of drug-likeness (QED) is 0.280. The van der Waals surface area contributed by atoms with Gasteiger partial charge in [-0.3, -0.25) is 9.89 Å². The van der Waals surface area contributed by atoms with Crippen molar-refractivity contribution in [2.24, 2.45) is 5.10 Å². The maximum absolute atomic E-state index is 12.6. The third-order valence-corrected chi connectivity index (χ3v) is 5.49. The largest absolute Gasteiger partial charge is 0.496 e. The van der Waals surface area contributed by atoms with E-state index in [-0.39, 0.29) is 5.91 Å². The molecule has 2 aromatic heterocycles. The summed E-state index contributed by atoms with van der Waals surface area (Å²) in [6, 6.07) is 21.6. The number of hydrogen-bond acceptors (Lipinski definition) is 4. The van der Waals surface area contributed by atoms with Crippen LogP contribution in [0.2, 0.25) is 0 Å². The summed E-state index contributed by atoms with van der Waals surface area (Å²) in [5.41, 5.74) is 7.29. The molecule has 32 heavy (non-hydrogen) atoms. The summed E-state index contributed by atoms with van der Waals surface area (Å²) in [5, 5.41) is 14.4. The second-order valence-electron chi connectivity index (χ2n) is 7.44. The minimum atomic E-state index is -0.378. The van der Waals surface area contributed by atoms with Gasteiger partial charge in [0.2, 0.25) is 0 Å². The lowest BCUT2D eigenvalue weighted by atomic mass is 10.0. The molecule has 0 unspecified atom stereocenters. The van der Waals surface area contributed by atoms with Gasteiger partial charge in [0.05, 0.1) is 24.6 Å². The van der Waals surface area contributed by atoms with Crippen LogP contribution in [-0.4, -0.2) is 34.4 Å². The Morgan fingerprint density at radius 1 is 1.06 bits per heavy atom. The van der Waals surface area contributed by atoms with Gasteiger partial charge in [-0.05, 0) is 35.9 Å². The molecule has 0 aliphatic carbocycles. The van der Waals surface area contributed by atoms with Crippen LogP contribution in [0, 0.1) is 6.92 Å². The van der Waals surface area contributed by atoms with Crippen LogP contribution in [0.4, 0.5) is 0 Å². The second-order valence-corrected chi connectivity index (χ2v) is 7.44. The van der Waals surface area contributed by atoms with Crippen molar-refractivity contribution in [3.8, 4) is 17.0 Å². The van der Waals surface area contributed by atoms with Gasteiger partial charge in [0.1, 0.15) is 11.4 Å². The van der Waals surface area contributed by atoms with Crippen molar-refractivity contribution in [1.82, 2.24) is 20.6 Å². The smallest absolute Gasteiger partial charge is 0.289 e. The lowest BCUT2D eigenvalue weighted by Crippen LogP contribution is -2.18. The predicted octanol–water partition coefficient (Wildman–Crippen LogP) is 4.79. The number of aromatic nitrogens is 3. The number of benzene rings is 3. The van der Waals surface area contributed by atoms with Crippen LogP contribution in [0.3, 0.4) is 0 Å². The number of para-hydroxylation sites is 1. The van der Waals surface area contributed by atoms with E-state index in [1.54, 1.807) is 19.4 Å². The fraction of sp³-hybridized carbons (Fsp3) is 0.0800. The summed E-state index contributed by atoms with van der Waals surface area (Å²) >= 11 is 0. The molecule has 5 rings (SSSR count). The molecule has 7 nitrogen and oxygen atoms in total. The molecule has 0 aliphatic rings. The third-order valence-electron chi connectivity index (χ3n) is 5.49. The number of fused-ring (bicyclic) bond motifs is 2. The number of carbonyl (C=O) groups excluding carboxylic acids is 1. The Hall–Kier alpha value is -4.39. The van der Waals surface area contributed by atoms with E-state index in [1.807, 2.05) is 67.6 Å². The molecule has 0 aliphatic heterocycles. The van der Waals surface area contributed by atoms with Gasteiger partial charge in [0.15, 0.2) is 0 Å². The van der Waals surface area contributed by atoms with E-state index in [0.29, 0.717) is 17.1 Å². The first kappa shape index (κ1) is 19.6. The number of rotatable bonds is 5. The number of amides is 1. The number of methoxy groups -OCH3 is 1. The first-order valence-electron chi connectivity index (χ1n) is 10.2. The van der Waals surface area contributed by atoms with Gasteiger partial charge in [0.25, 0.3) is 5.91 Å². The summed E-state index contributed by atoms with van der Waals surface area (Å²) in [6.45, 7) is 1.97. The maximum atomic E-state index is 12.6. The number of ether oxygens (including phenoxy) is 1. The van der Waals surface area contributed by atoms with E-state index in [2.05, 4.69) is 25.7 Å². The predicted molar refractivity (Wildman–Crippen MR) is 126 cm³/mol. The molecule has 0 fully saturated rings. The van der Waals surface area contributed by atoms with Gasteiger partial charge in [-0.15, -0.1) is 0 Å². The first-order chi connectivity index (χ1) is 15.7. The Bertz CT molecular complexity index is 1480. The van der Waals surface area contributed by atoms with E-state index >= 15 is 0 Å². The fourth-order valence-corrected chi connectivity index (χ4v) is 3.93. The highest BCUT2D eigenvalue weighted by Crippen LogP contribution is 2.36. The Balaban J connectivity index is 1.41. The molecule has 3 N–H and O–H groups in total. The Morgan fingerprint density at radius 3 is 2.69 bits per heavy atom. The van der Waals surface area contributed by atoms with Crippen molar-refractivity contribution >= 4 is 33.8 Å². The van der Waals surface area contributed by atoms with E-state index in [0.717, 1.165) is 38.5 Å². The van der Waals surface area contributed by atoms with Gasteiger partial charge < -0.3 is 9.72 Å². The lowest BCUT2D eigenvalue weighted by molar-refractivity contribution is 0.0950. The molecule has 0 radical (unpaired) electrons. The van der Waals surface area contributed by atoms with Gasteiger partial charge in [-0.1, -0.05) is 48.5 Å². The zero-order chi connectivity index (χ0) is 22.1. The normalized spacial score (nSPS) is 11.4. The van der Waals surface area contributed by atoms with Crippen LogP contribution < -0.4 is 10.2 Å². The third kappa shape index (κ3) is 3.39. The minimum Gasteiger partial charge on any atom is -0.496 e. The number of nitrogens with one attached hydrogen (secondary N) is 3. The topological polar surface area (TPSA) is 95.2 Å². The molecule has 158 valence electrons. The molecule has 0 spiro atoms. The summed E-state index contributed by atoms with van der Waals surface area (Å²) in [5.74, 6) is 0.312. The number of carbonyl (C=O) groups is 1. The molecule has 5 aromatic rings. The molecule has 1 amide bonds. The van der Waals surface area contributed by atoms with Crippen molar-refractivity contribution in [1.29, 1.82) is 0 Å². The molecule has 0 bridgehead atoms. The van der Waals surface area contributed by atoms with Crippen molar-refractivity contribution in [3.05, 3.63) is 83.7 Å². The van der Waals surface area contributed by atoms with Crippen LogP contribution in [0.1, 0.15) is 21.7 Å². The van der Waals surface area contributed by atoms with Crippen LogP contribution >= 0.6 is 0 Å². The van der Waals surface area contributed by atoms with E-state index in [4.69, 9.17) is 4.74 Å². The monoisotopic (exact) mass is 423 g/mol. The fourth-order valence-electron chi connectivity index (χ4n) is 3.93. The SMILES string of the molecule is COc1ccc2ccccc2c1-c1cc(C(=O)N/N=C\c2c(C)[nH]c3ccccc23)[nH]n1. The van der Waals surface area contributed by atoms with Gasteiger partial charge in [-0.2, -0.15) is 10.2 Å². The zero-order valence-electron chi connectivity index (χ0n) is 17.6. The Labute approximate surface area is 184 Å². The number of hydrogen-bond donors (Lipinski definition) is 3. The van der Waals surface area contributed by atoms with Crippen molar-refractivity contribution < 1.29 is 9.53 Å². The van der Waals surface area contributed by atoms with Crippen LogP contribution in [0.15, 0.2) is 71.8 Å². The van der Waals surface area contributed by atoms with Crippen molar-refractivity contribution in [2.75, 3.05) is 7.11 Å². The van der Waals surface area contributed by atoms with Gasteiger partial charge in [-0.25, -0.2) is 5.43 Å². The lowest BCUT2D eigenvalue weighted by Gasteiger charge is -2.09. The Morgan fingerprint density at radius 2 is 1.84 bits per heavy atom. The molecule has 0 saturated heterocycles.